The minimum absolute atomic E-state index is 0.396. The van der Waals surface area contributed by atoms with Crippen LogP contribution in [0.4, 0.5) is 10.3 Å². The Labute approximate surface area is 95.3 Å². The van der Waals surface area contributed by atoms with Crippen LogP contribution in [-0.2, 0) is 0 Å². The number of nitrogens with zero attached hydrogens (tertiary/aromatic N) is 2. The molecule has 3 atom stereocenters. The largest absolute Gasteiger partial charge is 0.374 e. The van der Waals surface area contributed by atoms with Crippen LogP contribution in [0.5, 0.6) is 0 Å². The third-order valence-electron chi connectivity index (χ3n) is 3.12. The summed E-state index contributed by atoms with van der Waals surface area (Å²) in [5, 5.41) is 12.4. The summed E-state index contributed by atoms with van der Waals surface area (Å²) in [7, 11) is 0. The first-order valence-corrected chi connectivity index (χ1v) is 6.21. The van der Waals surface area contributed by atoms with Crippen LogP contribution in [0, 0.1) is 11.8 Å². The van der Waals surface area contributed by atoms with Gasteiger partial charge in [-0.2, -0.15) is 0 Å². The molecular formula is C10H20N4S. The predicted molar refractivity (Wildman–Crippen MR) is 66.0 cm³/mol. The Morgan fingerprint density at radius 1 is 1.33 bits per heavy atom. The van der Waals surface area contributed by atoms with E-state index in [0.717, 1.165) is 5.13 Å². The van der Waals surface area contributed by atoms with Crippen LogP contribution in [0.3, 0.4) is 0 Å². The predicted octanol–water partition coefficient (Wildman–Crippen LogP) is 2.60. The fourth-order valence-electron chi connectivity index (χ4n) is 1.48. The molecule has 1 rings (SSSR count). The molecule has 1 unspecified atom stereocenters. The van der Waals surface area contributed by atoms with E-state index in [1.54, 1.807) is 0 Å². The van der Waals surface area contributed by atoms with Crippen LogP contribution in [0.1, 0.15) is 34.1 Å². The minimum Gasteiger partial charge on any atom is -0.374 e. The van der Waals surface area contributed by atoms with Gasteiger partial charge in [-0.25, -0.2) is 0 Å². The number of nitrogens with one attached hydrogen (secondary N) is 1. The lowest BCUT2D eigenvalue weighted by atomic mass is 9.88. The normalized spacial score (nSPS) is 17.1. The highest BCUT2D eigenvalue weighted by atomic mass is 32.1. The molecule has 0 saturated carbocycles. The molecule has 0 saturated heterocycles. The molecule has 0 aliphatic rings. The van der Waals surface area contributed by atoms with Gasteiger partial charge in [0.15, 0.2) is 0 Å². The Bertz CT molecular complexity index is 299. The van der Waals surface area contributed by atoms with Gasteiger partial charge < -0.3 is 11.1 Å². The van der Waals surface area contributed by atoms with E-state index >= 15 is 0 Å². The van der Waals surface area contributed by atoms with Gasteiger partial charge in [-0.05, 0) is 18.8 Å². The van der Waals surface area contributed by atoms with Gasteiger partial charge in [0.05, 0.1) is 0 Å². The Morgan fingerprint density at radius 3 is 2.47 bits per heavy atom. The van der Waals surface area contributed by atoms with Crippen molar-refractivity contribution in [3.63, 3.8) is 0 Å². The van der Waals surface area contributed by atoms with Gasteiger partial charge in [-0.15, -0.1) is 10.2 Å². The fourth-order valence-corrected chi connectivity index (χ4v) is 2.09. The molecule has 0 aliphatic carbocycles. The molecule has 0 aromatic carbocycles. The number of hydrogen-bond acceptors (Lipinski definition) is 5. The molecule has 1 heterocycles. The van der Waals surface area contributed by atoms with Crippen LogP contribution in [0.15, 0.2) is 0 Å². The van der Waals surface area contributed by atoms with E-state index in [1.807, 2.05) is 0 Å². The highest BCUT2D eigenvalue weighted by molar-refractivity contribution is 7.18. The van der Waals surface area contributed by atoms with Crippen molar-refractivity contribution in [1.29, 1.82) is 0 Å². The molecule has 5 heteroatoms. The van der Waals surface area contributed by atoms with Gasteiger partial charge in [-0.3, -0.25) is 0 Å². The molecule has 0 fully saturated rings. The van der Waals surface area contributed by atoms with Crippen LogP contribution in [0.2, 0.25) is 0 Å². The van der Waals surface area contributed by atoms with Crippen LogP contribution >= 0.6 is 11.3 Å². The smallest absolute Gasteiger partial charge is 0.207 e. The van der Waals surface area contributed by atoms with E-state index in [-0.39, 0.29) is 0 Å². The van der Waals surface area contributed by atoms with Gasteiger partial charge in [0.1, 0.15) is 0 Å². The summed E-state index contributed by atoms with van der Waals surface area (Å²) < 4.78 is 0. The lowest BCUT2D eigenvalue weighted by Crippen LogP contribution is -2.28. The molecule has 0 aliphatic heterocycles. The lowest BCUT2D eigenvalue weighted by Gasteiger charge is -2.25. The summed E-state index contributed by atoms with van der Waals surface area (Å²) in [6.07, 6.45) is 1.20. The van der Waals surface area contributed by atoms with Gasteiger partial charge in [-0.1, -0.05) is 38.5 Å². The minimum atomic E-state index is 0.396. The molecular weight excluding hydrogens is 208 g/mol. The maximum absolute atomic E-state index is 5.52. The van der Waals surface area contributed by atoms with Gasteiger partial charge in [0.25, 0.3) is 0 Å². The van der Waals surface area contributed by atoms with E-state index in [9.17, 15) is 0 Å². The molecule has 4 nitrogen and oxygen atoms in total. The molecule has 0 bridgehead atoms. The fraction of sp³-hybridized carbons (Fsp3) is 0.800. The summed E-state index contributed by atoms with van der Waals surface area (Å²) in [5.41, 5.74) is 5.52. The lowest BCUT2D eigenvalue weighted by molar-refractivity contribution is 0.343. The van der Waals surface area contributed by atoms with Crippen molar-refractivity contribution in [2.24, 2.45) is 11.8 Å². The second-order valence-corrected chi connectivity index (χ2v) is 5.13. The van der Waals surface area contributed by atoms with E-state index in [4.69, 9.17) is 5.73 Å². The third-order valence-corrected chi connectivity index (χ3v) is 3.81. The summed E-state index contributed by atoms with van der Waals surface area (Å²) in [5.74, 6) is 1.32. The van der Waals surface area contributed by atoms with Crippen molar-refractivity contribution in [3.05, 3.63) is 0 Å². The second-order valence-electron chi connectivity index (χ2n) is 4.12. The Kier molecular flexibility index (Phi) is 4.32. The number of rotatable bonds is 5. The van der Waals surface area contributed by atoms with E-state index < -0.39 is 0 Å². The molecule has 1 aromatic rings. The zero-order valence-electron chi connectivity index (χ0n) is 9.82. The Balaban J connectivity index is 2.51. The zero-order valence-corrected chi connectivity index (χ0v) is 10.6. The summed E-state index contributed by atoms with van der Waals surface area (Å²) in [6.45, 7) is 8.93. The number of anilines is 2. The Hall–Kier alpha value is -0.840. The molecule has 3 N–H and O–H groups in total. The quantitative estimate of drug-likeness (QED) is 0.813. The summed E-state index contributed by atoms with van der Waals surface area (Å²) in [4.78, 5) is 0. The first-order valence-electron chi connectivity index (χ1n) is 5.40. The van der Waals surface area contributed by atoms with Crippen molar-refractivity contribution in [2.45, 2.75) is 40.2 Å². The number of aromatic nitrogens is 2. The van der Waals surface area contributed by atoms with Gasteiger partial charge in [0.2, 0.25) is 10.3 Å². The third kappa shape index (κ3) is 3.34. The second kappa shape index (κ2) is 5.30. The monoisotopic (exact) mass is 228 g/mol. The number of nitrogen functional groups attached to an aromatic ring is 1. The zero-order chi connectivity index (χ0) is 11.4. The van der Waals surface area contributed by atoms with Crippen molar-refractivity contribution in [1.82, 2.24) is 10.2 Å². The SMILES string of the molecule is CCC(C)[C@H](C)[C@H](C)Nc1nnc(N)s1. The highest BCUT2D eigenvalue weighted by Crippen LogP contribution is 2.23. The number of hydrogen-bond donors (Lipinski definition) is 2. The summed E-state index contributed by atoms with van der Waals surface area (Å²) in [6, 6.07) is 0.396. The van der Waals surface area contributed by atoms with Gasteiger partial charge in [0, 0.05) is 6.04 Å². The van der Waals surface area contributed by atoms with E-state index in [0.29, 0.717) is 23.0 Å². The molecule has 0 radical (unpaired) electrons. The molecule has 1 aromatic heterocycles. The maximum atomic E-state index is 5.52. The number of nitrogens with two attached hydrogens (primary N) is 1. The van der Waals surface area contributed by atoms with Crippen molar-refractivity contribution >= 4 is 21.6 Å². The molecule has 0 spiro atoms. The molecule has 0 amide bonds. The first kappa shape index (κ1) is 12.2. The van der Waals surface area contributed by atoms with Crippen LogP contribution < -0.4 is 11.1 Å². The highest BCUT2D eigenvalue weighted by Gasteiger charge is 2.18. The molecule has 15 heavy (non-hydrogen) atoms. The first-order chi connectivity index (χ1) is 7.04. The Morgan fingerprint density at radius 2 is 2.00 bits per heavy atom. The average Bonchev–Trinajstić information content (AvgIpc) is 2.61. The topological polar surface area (TPSA) is 63.8 Å². The van der Waals surface area contributed by atoms with Crippen molar-refractivity contribution in [3.8, 4) is 0 Å². The summed E-state index contributed by atoms with van der Waals surface area (Å²) >= 11 is 1.40. The van der Waals surface area contributed by atoms with Crippen LogP contribution in [-0.4, -0.2) is 16.2 Å². The van der Waals surface area contributed by atoms with Crippen LogP contribution in [0.25, 0.3) is 0 Å². The van der Waals surface area contributed by atoms with Crippen molar-refractivity contribution < 1.29 is 0 Å². The van der Waals surface area contributed by atoms with Gasteiger partial charge >= 0.3 is 0 Å². The van der Waals surface area contributed by atoms with Crippen molar-refractivity contribution in [2.75, 3.05) is 11.1 Å². The maximum Gasteiger partial charge on any atom is 0.207 e. The average molecular weight is 228 g/mol. The van der Waals surface area contributed by atoms with E-state index in [2.05, 4.69) is 43.2 Å². The van der Waals surface area contributed by atoms with E-state index in [1.165, 1.54) is 17.8 Å². The standard InChI is InChI=1S/C10H20N4S/c1-5-6(2)7(3)8(4)12-10-14-13-9(11)15-10/h6-8H,5H2,1-4H3,(H2,11,13)(H,12,14)/t6?,7-,8-/m0/s1. The molecule has 86 valence electrons.